The number of nitrogens with zero attached hydrogens (tertiary/aromatic N) is 2. The van der Waals surface area contributed by atoms with E-state index < -0.39 is 17.6 Å². The summed E-state index contributed by atoms with van der Waals surface area (Å²) in [6.07, 6.45) is 2.24. The predicted octanol–water partition coefficient (Wildman–Crippen LogP) is 3.77. The molecule has 31 heavy (non-hydrogen) atoms. The lowest BCUT2D eigenvalue weighted by molar-refractivity contribution is -0.115. The van der Waals surface area contributed by atoms with Crippen molar-refractivity contribution < 1.29 is 14.0 Å². The number of anilines is 1. The molecule has 2 amide bonds. The van der Waals surface area contributed by atoms with Crippen LogP contribution in [0.15, 0.2) is 42.6 Å². The van der Waals surface area contributed by atoms with Crippen LogP contribution in [0, 0.1) is 5.82 Å². The molecule has 160 valence electrons. The number of amides is 2. The average Bonchev–Trinajstić information content (AvgIpc) is 3.08. The largest absolute Gasteiger partial charge is 0.365 e. The zero-order chi connectivity index (χ0) is 22.0. The van der Waals surface area contributed by atoms with E-state index in [1.54, 1.807) is 6.20 Å². The molecule has 0 aliphatic carbocycles. The molecular formula is C22H20ClFN4O2S. The van der Waals surface area contributed by atoms with Crippen LogP contribution in [0.1, 0.15) is 32.1 Å². The number of aromatic nitrogens is 1. The predicted molar refractivity (Wildman–Crippen MR) is 119 cm³/mol. The SMILES string of the molecule is NC(=O)c1c(NC(=O)Cc2ccc(Cl)cc2F)sc2c1CCN(Cc1ccccn1)C2. The second kappa shape index (κ2) is 9.13. The summed E-state index contributed by atoms with van der Waals surface area (Å²) in [5.41, 5.74) is 8.05. The lowest BCUT2D eigenvalue weighted by Crippen LogP contribution is -2.30. The van der Waals surface area contributed by atoms with E-state index in [2.05, 4.69) is 15.2 Å². The van der Waals surface area contributed by atoms with Crippen molar-refractivity contribution >= 4 is 39.8 Å². The van der Waals surface area contributed by atoms with Crippen LogP contribution in [0.4, 0.5) is 9.39 Å². The molecular weight excluding hydrogens is 439 g/mol. The maximum absolute atomic E-state index is 14.0. The number of hydrogen-bond acceptors (Lipinski definition) is 5. The van der Waals surface area contributed by atoms with Crippen LogP contribution in [0.5, 0.6) is 0 Å². The number of benzene rings is 1. The molecule has 0 saturated heterocycles. The molecule has 0 fully saturated rings. The van der Waals surface area contributed by atoms with Gasteiger partial charge in [0.25, 0.3) is 5.91 Å². The van der Waals surface area contributed by atoms with Gasteiger partial charge in [0.15, 0.2) is 0 Å². The Morgan fingerprint density at radius 3 is 2.84 bits per heavy atom. The highest BCUT2D eigenvalue weighted by Crippen LogP contribution is 2.37. The van der Waals surface area contributed by atoms with Crippen LogP contribution in [0.2, 0.25) is 5.02 Å². The summed E-state index contributed by atoms with van der Waals surface area (Å²) < 4.78 is 14.0. The number of halogens is 2. The van der Waals surface area contributed by atoms with Crippen LogP contribution < -0.4 is 11.1 Å². The quantitative estimate of drug-likeness (QED) is 0.588. The van der Waals surface area contributed by atoms with Gasteiger partial charge in [0.1, 0.15) is 10.8 Å². The number of thiophene rings is 1. The zero-order valence-electron chi connectivity index (χ0n) is 16.5. The summed E-state index contributed by atoms with van der Waals surface area (Å²) in [6, 6.07) is 9.97. The molecule has 0 bridgehead atoms. The van der Waals surface area contributed by atoms with E-state index in [0.29, 0.717) is 30.1 Å². The number of hydrogen-bond donors (Lipinski definition) is 2. The number of carbonyl (C=O) groups is 2. The van der Waals surface area contributed by atoms with Gasteiger partial charge in [-0.1, -0.05) is 23.7 Å². The monoisotopic (exact) mass is 458 g/mol. The Kier molecular flexibility index (Phi) is 6.31. The van der Waals surface area contributed by atoms with Crippen LogP contribution in [0.3, 0.4) is 0 Å². The first-order valence-electron chi connectivity index (χ1n) is 9.71. The molecule has 9 heteroatoms. The van der Waals surface area contributed by atoms with Gasteiger partial charge in [0.05, 0.1) is 17.7 Å². The molecule has 0 unspecified atom stereocenters. The molecule has 6 nitrogen and oxygen atoms in total. The molecule has 0 spiro atoms. The summed E-state index contributed by atoms with van der Waals surface area (Å²) in [5.74, 6) is -1.55. The Morgan fingerprint density at radius 1 is 1.29 bits per heavy atom. The van der Waals surface area contributed by atoms with Crippen molar-refractivity contribution in [2.45, 2.75) is 25.9 Å². The van der Waals surface area contributed by atoms with E-state index in [1.165, 1.54) is 29.5 Å². The van der Waals surface area contributed by atoms with Gasteiger partial charge < -0.3 is 11.1 Å². The minimum absolute atomic E-state index is 0.171. The topological polar surface area (TPSA) is 88.3 Å². The van der Waals surface area contributed by atoms with Crippen LogP contribution in [-0.4, -0.2) is 28.2 Å². The summed E-state index contributed by atoms with van der Waals surface area (Å²) in [5, 5.41) is 3.43. The first-order valence-corrected chi connectivity index (χ1v) is 10.9. The fraction of sp³-hybridized carbons (Fsp3) is 0.227. The van der Waals surface area contributed by atoms with Gasteiger partial charge in [-0.15, -0.1) is 11.3 Å². The van der Waals surface area contributed by atoms with Gasteiger partial charge in [-0.05, 0) is 41.8 Å². The molecule has 1 aliphatic heterocycles. The normalized spacial score (nSPS) is 13.6. The molecule has 4 rings (SSSR count). The maximum Gasteiger partial charge on any atom is 0.251 e. The van der Waals surface area contributed by atoms with E-state index in [-0.39, 0.29) is 17.0 Å². The number of pyridine rings is 1. The number of primary amides is 1. The van der Waals surface area contributed by atoms with Crippen molar-refractivity contribution in [2.75, 3.05) is 11.9 Å². The van der Waals surface area contributed by atoms with Gasteiger partial charge in [0, 0.05) is 35.7 Å². The van der Waals surface area contributed by atoms with Crippen molar-refractivity contribution in [2.24, 2.45) is 5.73 Å². The van der Waals surface area contributed by atoms with E-state index in [0.717, 1.165) is 22.7 Å². The molecule has 2 aromatic heterocycles. The molecule has 0 saturated carbocycles. The molecule has 0 atom stereocenters. The average molecular weight is 459 g/mol. The van der Waals surface area contributed by atoms with Crippen molar-refractivity contribution in [1.82, 2.24) is 9.88 Å². The first-order chi connectivity index (χ1) is 14.9. The fourth-order valence-electron chi connectivity index (χ4n) is 3.67. The molecule has 3 heterocycles. The van der Waals surface area contributed by atoms with Gasteiger partial charge in [-0.3, -0.25) is 19.5 Å². The maximum atomic E-state index is 14.0. The summed E-state index contributed by atoms with van der Waals surface area (Å²) in [4.78, 5) is 32.3. The number of fused-ring (bicyclic) bond motifs is 1. The van der Waals surface area contributed by atoms with Crippen molar-refractivity contribution in [3.05, 3.63) is 80.7 Å². The molecule has 1 aliphatic rings. The van der Waals surface area contributed by atoms with Crippen LogP contribution in [-0.2, 0) is 30.7 Å². The van der Waals surface area contributed by atoms with Crippen molar-refractivity contribution in [1.29, 1.82) is 0 Å². The highest BCUT2D eigenvalue weighted by molar-refractivity contribution is 7.17. The Hall–Kier alpha value is -2.81. The summed E-state index contributed by atoms with van der Waals surface area (Å²) >= 11 is 7.10. The number of rotatable bonds is 6. The standard InChI is InChI=1S/C22H20ClFN4O2S/c23-14-5-4-13(17(24)10-14)9-19(29)27-22-20(21(25)30)16-6-8-28(12-18(16)31-22)11-15-3-1-2-7-26-15/h1-5,7,10H,6,8-9,11-12H2,(H2,25,30)(H,27,29). The van der Waals surface area contributed by atoms with Crippen LogP contribution in [0.25, 0.3) is 0 Å². The van der Waals surface area contributed by atoms with Crippen molar-refractivity contribution in [3.8, 4) is 0 Å². The Bertz CT molecular complexity index is 1140. The van der Waals surface area contributed by atoms with Crippen molar-refractivity contribution in [3.63, 3.8) is 0 Å². The van der Waals surface area contributed by atoms with E-state index in [1.807, 2.05) is 18.2 Å². The minimum atomic E-state index is -0.580. The third-order valence-electron chi connectivity index (χ3n) is 5.11. The van der Waals surface area contributed by atoms with Crippen LogP contribution >= 0.6 is 22.9 Å². The molecule has 3 N–H and O–H groups in total. The van der Waals surface area contributed by atoms with Gasteiger partial charge in [-0.2, -0.15) is 0 Å². The lowest BCUT2D eigenvalue weighted by Gasteiger charge is -2.26. The van der Waals surface area contributed by atoms with Gasteiger partial charge >= 0.3 is 0 Å². The Labute approximate surface area is 187 Å². The third-order valence-corrected chi connectivity index (χ3v) is 6.48. The molecule has 1 aromatic carbocycles. The second-order valence-electron chi connectivity index (χ2n) is 7.31. The fourth-order valence-corrected chi connectivity index (χ4v) is 5.14. The molecule has 3 aromatic rings. The smallest absolute Gasteiger partial charge is 0.251 e. The summed E-state index contributed by atoms with van der Waals surface area (Å²) in [7, 11) is 0. The van der Waals surface area contributed by atoms with E-state index in [9.17, 15) is 14.0 Å². The van der Waals surface area contributed by atoms with Gasteiger partial charge in [-0.25, -0.2) is 4.39 Å². The Balaban J connectivity index is 1.51. The minimum Gasteiger partial charge on any atom is -0.365 e. The first kappa shape index (κ1) is 21.4. The zero-order valence-corrected chi connectivity index (χ0v) is 18.1. The number of nitrogens with one attached hydrogen (secondary N) is 1. The van der Waals surface area contributed by atoms with E-state index >= 15 is 0 Å². The third kappa shape index (κ3) is 4.92. The number of nitrogens with two attached hydrogens (primary N) is 1. The lowest BCUT2D eigenvalue weighted by atomic mass is 10.0. The Morgan fingerprint density at radius 2 is 2.13 bits per heavy atom. The highest BCUT2D eigenvalue weighted by Gasteiger charge is 2.28. The summed E-state index contributed by atoms with van der Waals surface area (Å²) in [6.45, 7) is 2.09. The highest BCUT2D eigenvalue weighted by atomic mass is 35.5. The second-order valence-corrected chi connectivity index (χ2v) is 8.86. The molecule has 0 radical (unpaired) electrons. The van der Waals surface area contributed by atoms with Gasteiger partial charge in [0.2, 0.25) is 5.91 Å². The van der Waals surface area contributed by atoms with E-state index in [4.69, 9.17) is 17.3 Å². The number of carbonyl (C=O) groups excluding carboxylic acids is 2.